The van der Waals surface area contributed by atoms with Crippen LogP contribution in [0.3, 0.4) is 0 Å². The molecule has 0 fully saturated rings. The molecule has 1 heterocycles. The molecule has 9 heteroatoms. The van der Waals surface area contributed by atoms with Gasteiger partial charge in [-0.1, -0.05) is 0 Å². The molecule has 0 unspecified atom stereocenters. The SMILES string of the molecule is CCOC(=O)Cc1nc(F)c(OC(F)(F)F)cc1CN. The highest BCUT2D eigenvalue weighted by Gasteiger charge is 2.33. The zero-order valence-electron chi connectivity index (χ0n) is 10.5. The second-order valence-electron chi connectivity index (χ2n) is 3.62. The Kier molecular flexibility index (Phi) is 5.26. The number of carbonyl (C=O) groups is 1. The van der Waals surface area contributed by atoms with Gasteiger partial charge in [0.15, 0.2) is 5.75 Å². The molecule has 0 aromatic carbocycles. The maximum atomic E-state index is 13.4. The Bertz CT molecular complexity index is 491. The van der Waals surface area contributed by atoms with Crippen LogP contribution < -0.4 is 10.5 Å². The van der Waals surface area contributed by atoms with E-state index in [4.69, 9.17) is 5.73 Å². The summed E-state index contributed by atoms with van der Waals surface area (Å²) >= 11 is 0. The van der Waals surface area contributed by atoms with Crippen molar-refractivity contribution < 1.29 is 31.8 Å². The van der Waals surface area contributed by atoms with Crippen molar-refractivity contribution in [2.45, 2.75) is 26.3 Å². The number of hydrogen-bond donors (Lipinski definition) is 1. The molecule has 0 spiro atoms. The Morgan fingerprint density at radius 2 is 2.10 bits per heavy atom. The molecule has 1 aromatic heterocycles. The second kappa shape index (κ2) is 6.51. The number of pyridine rings is 1. The van der Waals surface area contributed by atoms with E-state index in [-0.39, 0.29) is 30.8 Å². The first-order valence-electron chi connectivity index (χ1n) is 5.56. The van der Waals surface area contributed by atoms with Crippen LogP contribution in [0.4, 0.5) is 17.6 Å². The molecule has 0 aliphatic carbocycles. The van der Waals surface area contributed by atoms with Gasteiger partial charge in [-0.3, -0.25) is 4.79 Å². The van der Waals surface area contributed by atoms with Gasteiger partial charge in [-0.2, -0.15) is 4.39 Å². The Morgan fingerprint density at radius 3 is 2.60 bits per heavy atom. The van der Waals surface area contributed by atoms with Crippen LogP contribution in [0.2, 0.25) is 0 Å². The highest BCUT2D eigenvalue weighted by atomic mass is 19.4. The lowest BCUT2D eigenvalue weighted by Crippen LogP contribution is -2.20. The van der Waals surface area contributed by atoms with Gasteiger partial charge in [-0.25, -0.2) is 4.98 Å². The maximum absolute atomic E-state index is 13.4. The summed E-state index contributed by atoms with van der Waals surface area (Å²) < 4.78 is 57.7. The smallest absolute Gasteiger partial charge is 0.466 e. The van der Waals surface area contributed by atoms with Crippen molar-refractivity contribution in [1.82, 2.24) is 4.98 Å². The van der Waals surface area contributed by atoms with Crippen LogP contribution in [0.25, 0.3) is 0 Å². The fraction of sp³-hybridized carbons (Fsp3) is 0.455. The summed E-state index contributed by atoms with van der Waals surface area (Å²) in [7, 11) is 0. The minimum Gasteiger partial charge on any atom is -0.466 e. The van der Waals surface area contributed by atoms with Crippen molar-refractivity contribution in [3.63, 3.8) is 0 Å². The molecule has 0 amide bonds. The molecule has 0 aliphatic heterocycles. The molecule has 1 rings (SSSR count). The summed E-state index contributed by atoms with van der Waals surface area (Å²) in [6.07, 6.45) is -5.43. The van der Waals surface area contributed by atoms with E-state index in [0.717, 1.165) is 6.07 Å². The van der Waals surface area contributed by atoms with Crippen LogP contribution in [0, 0.1) is 5.95 Å². The fourth-order valence-corrected chi connectivity index (χ4v) is 1.42. The van der Waals surface area contributed by atoms with Crippen molar-refractivity contribution >= 4 is 5.97 Å². The molecular formula is C11H12F4N2O3. The molecule has 20 heavy (non-hydrogen) atoms. The Morgan fingerprint density at radius 1 is 1.45 bits per heavy atom. The molecule has 2 N–H and O–H groups in total. The standard InChI is InChI=1S/C11H12F4N2O3/c1-2-19-9(18)4-7-6(5-16)3-8(10(12)17-7)20-11(13,14)15/h3H,2,4-5,16H2,1H3. The molecule has 5 nitrogen and oxygen atoms in total. The third kappa shape index (κ3) is 4.65. The number of carbonyl (C=O) groups excluding carboxylic acids is 1. The zero-order chi connectivity index (χ0) is 15.3. The highest BCUT2D eigenvalue weighted by Crippen LogP contribution is 2.26. The lowest BCUT2D eigenvalue weighted by atomic mass is 10.1. The first-order chi connectivity index (χ1) is 9.26. The molecule has 0 radical (unpaired) electrons. The topological polar surface area (TPSA) is 74.4 Å². The lowest BCUT2D eigenvalue weighted by molar-refractivity contribution is -0.275. The van der Waals surface area contributed by atoms with Gasteiger partial charge in [0.25, 0.3) is 5.95 Å². The number of ether oxygens (including phenoxy) is 2. The lowest BCUT2D eigenvalue weighted by Gasteiger charge is -2.12. The summed E-state index contributed by atoms with van der Waals surface area (Å²) in [4.78, 5) is 14.5. The van der Waals surface area contributed by atoms with E-state index in [1.807, 2.05) is 0 Å². The average molecular weight is 296 g/mol. The van der Waals surface area contributed by atoms with Gasteiger partial charge >= 0.3 is 12.3 Å². The predicted octanol–water partition coefficient (Wildman–Crippen LogP) is 1.68. The van der Waals surface area contributed by atoms with E-state index in [1.54, 1.807) is 6.92 Å². The number of alkyl halides is 3. The van der Waals surface area contributed by atoms with Crippen molar-refractivity contribution in [2.75, 3.05) is 6.61 Å². The highest BCUT2D eigenvalue weighted by molar-refractivity contribution is 5.72. The van der Waals surface area contributed by atoms with Gasteiger partial charge < -0.3 is 15.2 Å². The molecule has 0 saturated heterocycles. The summed E-state index contributed by atoms with van der Waals surface area (Å²) in [5.74, 6) is -3.25. The van der Waals surface area contributed by atoms with Crippen molar-refractivity contribution in [1.29, 1.82) is 0 Å². The summed E-state index contributed by atoms with van der Waals surface area (Å²) in [5.41, 5.74) is 5.31. The van der Waals surface area contributed by atoms with Gasteiger partial charge in [0, 0.05) is 6.54 Å². The number of rotatable bonds is 5. The van der Waals surface area contributed by atoms with Gasteiger partial charge in [0.1, 0.15) is 0 Å². The minimum absolute atomic E-state index is 0.0682. The minimum atomic E-state index is -5.04. The Balaban J connectivity index is 3.04. The van der Waals surface area contributed by atoms with Crippen LogP contribution in [-0.2, 0) is 22.5 Å². The number of nitrogens with two attached hydrogens (primary N) is 1. The monoisotopic (exact) mass is 296 g/mol. The normalized spacial score (nSPS) is 11.3. The van der Waals surface area contributed by atoms with Crippen LogP contribution in [-0.4, -0.2) is 23.9 Å². The van der Waals surface area contributed by atoms with Gasteiger partial charge in [-0.05, 0) is 18.6 Å². The van der Waals surface area contributed by atoms with Crippen molar-refractivity contribution in [3.05, 3.63) is 23.3 Å². The van der Waals surface area contributed by atoms with E-state index < -0.39 is 24.0 Å². The van der Waals surface area contributed by atoms with Gasteiger partial charge in [0.2, 0.25) is 0 Å². The van der Waals surface area contributed by atoms with Crippen molar-refractivity contribution in [2.24, 2.45) is 5.73 Å². The van der Waals surface area contributed by atoms with E-state index >= 15 is 0 Å². The predicted molar refractivity (Wildman–Crippen MR) is 59.1 cm³/mol. The number of hydrogen-bond acceptors (Lipinski definition) is 5. The summed E-state index contributed by atoms with van der Waals surface area (Å²) in [5, 5.41) is 0. The van der Waals surface area contributed by atoms with Crippen LogP contribution >= 0.6 is 0 Å². The number of aromatic nitrogens is 1. The molecule has 0 saturated carbocycles. The first-order valence-corrected chi connectivity index (χ1v) is 5.56. The summed E-state index contributed by atoms with van der Waals surface area (Å²) in [6.45, 7) is 1.47. The molecule has 112 valence electrons. The van der Waals surface area contributed by atoms with Gasteiger partial charge in [-0.15, -0.1) is 13.2 Å². The maximum Gasteiger partial charge on any atom is 0.573 e. The molecular weight excluding hydrogens is 284 g/mol. The number of esters is 1. The first kappa shape index (κ1) is 16.2. The van der Waals surface area contributed by atoms with E-state index in [0.29, 0.717) is 0 Å². The largest absolute Gasteiger partial charge is 0.573 e. The molecule has 1 aromatic rings. The van der Waals surface area contributed by atoms with Gasteiger partial charge in [0.05, 0.1) is 18.7 Å². The number of nitrogens with zero attached hydrogens (tertiary/aromatic N) is 1. The third-order valence-corrected chi connectivity index (χ3v) is 2.18. The molecule has 0 atom stereocenters. The zero-order valence-corrected chi connectivity index (χ0v) is 10.5. The Hall–Kier alpha value is -1.90. The molecule has 0 aliphatic rings. The van der Waals surface area contributed by atoms with Crippen molar-refractivity contribution in [3.8, 4) is 5.75 Å². The quantitative estimate of drug-likeness (QED) is 0.508. The van der Waals surface area contributed by atoms with E-state index in [1.165, 1.54) is 0 Å². The van der Waals surface area contributed by atoms with E-state index in [2.05, 4.69) is 14.5 Å². The van der Waals surface area contributed by atoms with Crippen LogP contribution in [0.1, 0.15) is 18.2 Å². The third-order valence-electron chi connectivity index (χ3n) is 2.18. The second-order valence-corrected chi connectivity index (χ2v) is 3.62. The molecule has 0 bridgehead atoms. The Labute approximate surface area is 111 Å². The number of halogens is 4. The summed E-state index contributed by atoms with van der Waals surface area (Å²) in [6, 6.07) is 0.768. The fourth-order valence-electron chi connectivity index (χ4n) is 1.42. The average Bonchev–Trinajstić information content (AvgIpc) is 2.31. The van der Waals surface area contributed by atoms with Crippen LogP contribution in [0.15, 0.2) is 6.07 Å². The van der Waals surface area contributed by atoms with Crippen LogP contribution in [0.5, 0.6) is 5.75 Å². The van der Waals surface area contributed by atoms with E-state index in [9.17, 15) is 22.4 Å².